The minimum atomic E-state index is -0.0747. The summed E-state index contributed by atoms with van der Waals surface area (Å²) in [6.45, 7) is 0. The van der Waals surface area contributed by atoms with Crippen molar-refractivity contribution in [2.24, 2.45) is 0 Å². The van der Waals surface area contributed by atoms with Gasteiger partial charge in [0, 0.05) is 29.2 Å². The number of halogens is 1. The highest BCUT2D eigenvalue weighted by atomic mass is 35.5. The van der Waals surface area contributed by atoms with Crippen LogP contribution < -0.4 is 9.47 Å². The van der Waals surface area contributed by atoms with Gasteiger partial charge in [-0.25, -0.2) is 0 Å². The van der Waals surface area contributed by atoms with Gasteiger partial charge in [-0.2, -0.15) is 0 Å². The van der Waals surface area contributed by atoms with Crippen molar-refractivity contribution in [1.82, 2.24) is 19.7 Å². The third kappa shape index (κ3) is 4.61. The maximum absolute atomic E-state index is 12.8. The maximum Gasteiger partial charge on any atom is 0.196 e. The van der Waals surface area contributed by atoms with Crippen molar-refractivity contribution >= 4 is 29.1 Å². The van der Waals surface area contributed by atoms with E-state index in [4.69, 9.17) is 21.1 Å². The SMILES string of the molecule is COc1ccc(-n2c(SCC(=O)c3ccc(OC)c(Cl)c3)nnc2-c2ccncc2)cc1. The number of benzene rings is 2. The van der Waals surface area contributed by atoms with Crippen molar-refractivity contribution in [2.75, 3.05) is 20.0 Å². The number of hydrogen-bond acceptors (Lipinski definition) is 7. The van der Waals surface area contributed by atoms with Crippen molar-refractivity contribution in [3.05, 3.63) is 77.6 Å². The smallest absolute Gasteiger partial charge is 0.196 e. The predicted octanol–water partition coefficient (Wildman–Crippen LogP) is 4.97. The van der Waals surface area contributed by atoms with Crippen LogP contribution in [0.5, 0.6) is 11.5 Å². The van der Waals surface area contributed by atoms with E-state index in [1.807, 2.05) is 41.0 Å². The number of ether oxygens (including phenoxy) is 2. The number of aromatic nitrogens is 4. The monoisotopic (exact) mass is 466 g/mol. The summed E-state index contributed by atoms with van der Waals surface area (Å²) in [4.78, 5) is 16.8. The molecule has 2 heterocycles. The third-order valence-electron chi connectivity index (χ3n) is 4.71. The standard InChI is InChI=1S/C23H19ClN4O3S/c1-30-18-6-4-17(5-7-18)28-22(15-9-11-25-12-10-15)26-27-23(28)32-14-20(29)16-3-8-21(31-2)19(24)13-16/h3-13H,14H2,1-2H3. The quantitative estimate of drug-likeness (QED) is 0.268. The number of carbonyl (C=O) groups excluding carboxylic acids is 1. The van der Waals surface area contributed by atoms with Crippen LogP contribution in [0, 0.1) is 0 Å². The van der Waals surface area contributed by atoms with E-state index in [0.717, 1.165) is 17.0 Å². The number of methoxy groups -OCH3 is 2. The molecule has 0 radical (unpaired) electrons. The lowest BCUT2D eigenvalue weighted by molar-refractivity contribution is 0.102. The first-order valence-corrected chi connectivity index (χ1v) is 11.0. The van der Waals surface area contributed by atoms with E-state index >= 15 is 0 Å². The zero-order chi connectivity index (χ0) is 22.5. The Morgan fingerprint density at radius 1 is 1.00 bits per heavy atom. The number of thioether (sulfide) groups is 1. The summed E-state index contributed by atoms with van der Waals surface area (Å²) >= 11 is 7.47. The molecule has 4 rings (SSSR count). The molecule has 7 nitrogen and oxygen atoms in total. The number of nitrogens with zero attached hydrogens (tertiary/aromatic N) is 4. The number of Topliss-reactive ketones (excluding diaryl/α,β-unsaturated/α-hetero) is 1. The molecule has 0 saturated heterocycles. The molecule has 0 bridgehead atoms. The van der Waals surface area contributed by atoms with Gasteiger partial charge in [0.25, 0.3) is 0 Å². The lowest BCUT2D eigenvalue weighted by Gasteiger charge is -2.11. The minimum Gasteiger partial charge on any atom is -0.497 e. The second-order valence-corrected chi connectivity index (χ2v) is 7.99. The van der Waals surface area contributed by atoms with E-state index < -0.39 is 0 Å². The molecule has 4 aromatic rings. The van der Waals surface area contributed by atoms with Crippen LogP contribution in [0.15, 0.2) is 72.1 Å². The molecule has 0 unspecified atom stereocenters. The molecule has 0 N–H and O–H groups in total. The Morgan fingerprint density at radius 2 is 1.75 bits per heavy atom. The molecule has 0 aliphatic rings. The predicted molar refractivity (Wildman–Crippen MR) is 124 cm³/mol. The van der Waals surface area contributed by atoms with Gasteiger partial charge in [0.1, 0.15) is 11.5 Å². The van der Waals surface area contributed by atoms with Crippen molar-refractivity contribution in [3.8, 4) is 28.6 Å². The summed E-state index contributed by atoms with van der Waals surface area (Å²) in [6.07, 6.45) is 3.40. The van der Waals surface area contributed by atoms with Crippen molar-refractivity contribution in [1.29, 1.82) is 0 Å². The minimum absolute atomic E-state index is 0.0747. The summed E-state index contributed by atoms with van der Waals surface area (Å²) in [5.74, 6) is 2.02. The second kappa shape index (κ2) is 9.84. The molecule has 2 aromatic carbocycles. The lowest BCUT2D eigenvalue weighted by atomic mass is 10.1. The molecule has 9 heteroatoms. The molecule has 0 fully saturated rings. The zero-order valence-corrected chi connectivity index (χ0v) is 18.9. The summed E-state index contributed by atoms with van der Waals surface area (Å²) in [7, 11) is 3.15. The zero-order valence-electron chi connectivity index (χ0n) is 17.4. The Bertz CT molecular complexity index is 1230. The lowest BCUT2D eigenvalue weighted by Crippen LogP contribution is -2.05. The van der Waals surface area contributed by atoms with Gasteiger partial charge in [-0.05, 0) is 54.6 Å². The summed E-state index contributed by atoms with van der Waals surface area (Å²) in [5.41, 5.74) is 2.22. The Morgan fingerprint density at radius 3 is 2.41 bits per heavy atom. The van der Waals surface area contributed by atoms with Crippen molar-refractivity contribution in [3.63, 3.8) is 0 Å². The molecular weight excluding hydrogens is 448 g/mol. The van der Waals surface area contributed by atoms with Crippen molar-refractivity contribution in [2.45, 2.75) is 5.16 Å². The molecular formula is C23H19ClN4O3S. The molecule has 0 saturated carbocycles. The van der Waals surface area contributed by atoms with E-state index in [1.165, 1.54) is 18.9 Å². The Labute approximate surface area is 194 Å². The average molecular weight is 467 g/mol. The summed E-state index contributed by atoms with van der Waals surface area (Å²) in [5, 5.41) is 9.71. The van der Waals surface area contributed by atoms with E-state index in [2.05, 4.69) is 15.2 Å². The first kappa shape index (κ1) is 21.9. The number of hydrogen-bond donors (Lipinski definition) is 0. The van der Waals surface area contributed by atoms with Gasteiger partial charge in [0.2, 0.25) is 0 Å². The molecule has 0 amide bonds. The molecule has 2 aromatic heterocycles. The van der Waals surface area contributed by atoms with E-state index in [-0.39, 0.29) is 11.5 Å². The van der Waals surface area contributed by atoms with Crippen LogP contribution in [-0.2, 0) is 0 Å². The molecule has 0 spiro atoms. The number of pyridine rings is 1. The molecule has 32 heavy (non-hydrogen) atoms. The van der Waals surface area contributed by atoms with Gasteiger partial charge in [0.05, 0.1) is 25.0 Å². The summed E-state index contributed by atoms with van der Waals surface area (Å²) < 4.78 is 12.3. The third-order valence-corrected chi connectivity index (χ3v) is 5.93. The van der Waals surface area contributed by atoms with Gasteiger partial charge < -0.3 is 9.47 Å². The van der Waals surface area contributed by atoms with Gasteiger partial charge in [-0.15, -0.1) is 10.2 Å². The van der Waals surface area contributed by atoms with Crippen LogP contribution in [0.2, 0.25) is 5.02 Å². The van der Waals surface area contributed by atoms with Crippen LogP contribution in [0.25, 0.3) is 17.1 Å². The van der Waals surface area contributed by atoms with Crippen LogP contribution in [0.4, 0.5) is 0 Å². The highest BCUT2D eigenvalue weighted by molar-refractivity contribution is 7.99. The number of carbonyl (C=O) groups is 1. The van der Waals surface area contributed by atoms with Crippen molar-refractivity contribution < 1.29 is 14.3 Å². The Kier molecular flexibility index (Phi) is 6.72. The largest absolute Gasteiger partial charge is 0.497 e. The molecule has 0 atom stereocenters. The topological polar surface area (TPSA) is 79.1 Å². The van der Waals surface area contributed by atoms with E-state index in [9.17, 15) is 4.79 Å². The fourth-order valence-corrected chi connectivity index (χ4v) is 4.17. The van der Waals surface area contributed by atoms with Gasteiger partial charge in [-0.3, -0.25) is 14.3 Å². The van der Waals surface area contributed by atoms with Crippen LogP contribution >= 0.6 is 23.4 Å². The molecule has 0 aliphatic carbocycles. The van der Waals surface area contributed by atoms with E-state index in [0.29, 0.717) is 27.3 Å². The first-order valence-electron chi connectivity index (χ1n) is 9.60. The maximum atomic E-state index is 12.8. The number of ketones is 1. The fourth-order valence-electron chi connectivity index (χ4n) is 3.07. The molecule has 0 aliphatic heterocycles. The number of rotatable bonds is 8. The van der Waals surface area contributed by atoms with Gasteiger partial charge in [0.15, 0.2) is 16.8 Å². The Balaban J connectivity index is 1.64. The van der Waals surface area contributed by atoms with E-state index in [1.54, 1.807) is 37.7 Å². The highest BCUT2D eigenvalue weighted by Gasteiger charge is 2.18. The van der Waals surface area contributed by atoms with Gasteiger partial charge in [-0.1, -0.05) is 23.4 Å². The second-order valence-electron chi connectivity index (χ2n) is 6.64. The highest BCUT2D eigenvalue weighted by Crippen LogP contribution is 2.30. The van der Waals surface area contributed by atoms with Gasteiger partial charge >= 0.3 is 0 Å². The van der Waals surface area contributed by atoms with Crippen LogP contribution in [-0.4, -0.2) is 45.5 Å². The van der Waals surface area contributed by atoms with Crippen LogP contribution in [0.1, 0.15) is 10.4 Å². The van der Waals surface area contributed by atoms with Crippen LogP contribution in [0.3, 0.4) is 0 Å². The normalized spacial score (nSPS) is 10.7. The average Bonchev–Trinajstić information content (AvgIpc) is 3.27. The molecule has 162 valence electrons. The fraction of sp³-hybridized carbons (Fsp3) is 0.130. The Hall–Kier alpha value is -3.36. The first-order chi connectivity index (χ1) is 15.6. The summed E-state index contributed by atoms with van der Waals surface area (Å²) in [6, 6.07) is 16.3.